The molecule has 2 aromatic rings. The summed E-state index contributed by atoms with van der Waals surface area (Å²) in [6, 6.07) is 10.3. The molecule has 0 N–H and O–H groups in total. The highest BCUT2D eigenvalue weighted by Gasteiger charge is 2.28. The fraction of sp³-hybridized carbons (Fsp3) is 0.550. The van der Waals surface area contributed by atoms with Crippen molar-refractivity contribution in [3.8, 4) is 0 Å². The maximum absolute atomic E-state index is 12.5. The van der Waals surface area contributed by atoms with Gasteiger partial charge in [0.2, 0.25) is 11.8 Å². The first kappa shape index (κ1) is 17.6. The number of amides is 1. The first-order valence-corrected chi connectivity index (χ1v) is 9.28. The number of benzene rings is 1. The minimum absolute atomic E-state index is 0.197. The number of piperidine rings is 1. The van der Waals surface area contributed by atoms with Gasteiger partial charge in [-0.15, -0.1) is 0 Å². The van der Waals surface area contributed by atoms with Crippen LogP contribution in [0.2, 0.25) is 0 Å². The molecular weight excluding hydrogens is 314 g/mol. The van der Waals surface area contributed by atoms with E-state index in [1.54, 1.807) is 0 Å². The Kier molecular flexibility index (Phi) is 5.84. The highest BCUT2D eigenvalue weighted by Crippen LogP contribution is 2.26. The fourth-order valence-corrected chi connectivity index (χ4v) is 3.31. The molecule has 0 spiro atoms. The van der Waals surface area contributed by atoms with Crippen molar-refractivity contribution in [1.29, 1.82) is 0 Å². The van der Waals surface area contributed by atoms with Gasteiger partial charge in [0.25, 0.3) is 0 Å². The summed E-state index contributed by atoms with van der Waals surface area (Å²) in [4.78, 5) is 19.0. The number of carbonyl (C=O) groups is 1. The zero-order valence-corrected chi connectivity index (χ0v) is 15.1. The lowest BCUT2D eigenvalue weighted by atomic mass is 9.96. The SMILES string of the molecule is CC(C)c1nc([C@@H]2CCCN(C(=O)CCCc3ccccc3)C2)no1. The van der Waals surface area contributed by atoms with E-state index in [1.807, 2.05) is 36.9 Å². The Morgan fingerprint density at radius 2 is 2.12 bits per heavy atom. The Bertz CT molecular complexity index is 681. The molecule has 25 heavy (non-hydrogen) atoms. The topological polar surface area (TPSA) is 59.2 Å². The Morgan fingerprint density at radius 1 is 1.32 bits per heavy atom. The summed E-state index contributed by atoms with van der Waals surface area (Å²) in [6.45, 7) is 5.64. The van der Waals surface area contributed by atoms with Gasteiger partial charge in [-0.2, -0.15) is 4.98 Å². The molecule has 1 aromatic carbocycles. The van der Waals surface area contributed by atoms with Crippen LogP contribution in [0.1, 0.15) is 68.6 Å². The number of nitrogens with zero attached hydrogens (tertiary/aromatic N) is 3. The summed E-state index contributed by atoms with van der Waals surface area (Å²) in [7, 11) is 0. The summed E-state index contributed by atoms with van der Waals surface area (Å²) in [5.41, 5.74) is 1.29. The number of aromatic nitrogens is 2. The van der Waals surface area contributed by atoms with Gasteiger partial charge in [0.15, 0.2) is 5.82 Å². The number of carbonyl (C=O) groups excluding carboxylic acids is 1. The number of likely N-dealkylation sites (tertiary alicyclic amines) is 1. The van der Waals surface area contributed by atoms with Crippen molar-refractivity contribution in [3.63, 3.8) is 0 Å². The van der Waals surface area contributed by atoms with Crippen molar-refractivity contribution in [1.82, 2.24) is 15.0 Å². The zero-order chi connectivity index (χ0) is 17.6. The number of aryl methyl sites for hydroxylation is 1. The van der Waals surface area contributed by atoms with Crippen LogP contribution in [0.15, 0.2) is 34.9 Å². The Balaban J connectivity index is 1.50. The first-order chi connectivity index (χ1) is 12.1. The lowest BCUT2D eigenvalue weighted by Gasteiger charge is -2.31. The molecule has 2 heterocycles. The molecule has 0 aliphatic carbocycles. The average Bonchev–Trinajstić information content (AvgIpc) is 3.13. The van der Waals surface area contributed by atoms with E-state index >= 15 is 0 Å². The third kappa shape index (κ3) is 4.68. The quantitative estimate of drug-likeness (QED) is 0.799. The van der Waals surface area contributed by atoms with Crippen LogP contribution in [0.4, 0.5) is 0 Å². The molecule has 1 fully saturated rings. The summed E-state index contributed by atoms with van der Waals surface area (Å²) >= 11 is 0. The second kappa shape index (κ2) is 8.28. The molecule has 1 aliphatic heterocycles. The fourth-order valence-electron chi connectivity index (χ4n) is 3.31. The molecule has 5 heteroatoms. The first-order valence-electron chi connectivity index (χ1n) is 9.28. The van der Waals surface area contributed by atoms with Gasteiger partial charge < -0.3 is 9.42 Å². The van der Waals surface area contributed by atoms with E-state index < -0.39 is 0 Å². The second-order valence-corrected chi connectivity index (χ2v) is 7.16. The smallest absolute Gasteiger partial charge is 0.229 e. The van der Waals surface area contributed by atoms with Crippen LogP contribution in [0.25, 0.3) is 0 Å². The average molecular weight is 341 g/mol. The molecule has 0 radical (unpaired) electrons. The van der Waals surface area contributed by atoms with E-state index in [-0.39, 0.29) is 17.7 Å². The summed E-state index contributed by atoms with van der Waals surface area (Å²) in [6.07, 6.45) is 4.47. The standard InChI is InChI=1S/C20H27N3O2/c1-15(2)20-21-19(22-25-20)17-11-7-13-23(14-17)18(24)12-6-10-16-8-4-3-5-9-16/h3-5,8-9,15,17H,6-7,10-14H2,1-2H3/t17-/m1/s1. The van der Waals surface area contributed by atoms with Gasteiger partial charge in [0, 0.05) is 31.3 Å². The maximum Gasteiger partial charge on any atom is 0.229 e. The largest absolute Gasteiger partial charge is 0.342 e. The van der Waals surface area contributed by atoms with Gasteiger partial charge in [-0.1, -0.05) is 49.3 Å². The van der Waals surface area contributed by atoms with Crippen LogP contribution in [0.5, 0.6) is 0 Å². The molecule has 3 rings (SSSR count). The Hall–Kier alpha value is -2.17. The summed E-state index contributed by atoms with van der Waals surface area (Å²) in [5.74, 6) is 2.11. The molecule has 1 atom stereocenters. The number of rotatable bonds is 6. The molecule has 0 saturated carbocycles. The van der Waals surface area contributed by atoms with Gasteiger partial charge in [-0.05, 0) is 31.2 Å². The highest BCUT2D eigenvalue weighted by atomic mass is 16.5. The van der Waals surface area contributed by atoms with Crippen molar-refractivity contribution < 1.29 is 9.32 Å². The minimum Gasteiger partial charge on any atom is -0.342 e. The third-order valence-electron chi connectivity index (χ3n) is 4.79. The van der Waals surface area contributed by atoms with E-state index in [2.05, 4.69) is 22.3 Å². The molecule has 1 amide bonds. The van der Waals surface area contributed by atoms with Crippen LogP contribution in [0, 0.1) is 0 Å². The van der Waals surface area contributed by atoms with E-state index in [9.17, 15) is 4.79 Å². The number of hydrogen-bond donors (Lipinski definition) is 0. The van der Waals surface area contributed by atoms with Crippen molar-refractivity contribution in [2.24, 2.45) is 0 Å². The van der Waals surface area contributed by atoms with Gasteiger partial charge in [-0.3, -0.25) is 4.79 Å². The van der Waals surface area contributed by atoms with Gasteiger partial charge >= 0.3 is 0 Å². The van der Waals surface area contributed by atoms with Gasteiger partial charge in [-0.25, -0.2) is 0 Å². The van der Waals surface area contributed by atoms with Crippen LogP contribution >= 0.6 is 0 Å². The molecule has 134 valence electrons. The third-order valence-corrected chi connectivity index (χ3v) is 4.79. The zero-order valence-electron chi connectivity index (χ0n) is 15.1. The molecule has 1 aliphatic rings. The summed E-state index contributed by atoms with van der Waals surface area (Å²) < 4.78 is 5.32. The molecule has 1 aromatic heterocycles. The van der Waals surface area contributed by atoms with Crippen LogP contribution < -0.4 is 0 Å². The van der Waals surface area contributed by atoms with Crippen molar-refractivity contribution in [2.45, 2.75) is 57.8 Å². The molecule has 0 unspecified atom stereocenters. The Morgan fingerprint density at radius 3 is 2.84 bits per heavy atom. The van der Waals surface area contributed by atoms with Crippen molar-refractivity contribution in [2.75, 3.05) is 13.1 Å². The van der Waals surface area contributed by atoms with Crippen molar-refractivity contribution >= 4 is 5.91 Å². The monoisotopic (exact) mass is 341 g/mol. The van der Waals surface area contributed by atoms with E-state index in [4.69, 9.17) is 4.52 Å². The lowest BCUT2D eigenvalue weighted by Crippen LogP contribution is -2.39. The van der Waals surface area contributed by atoms with Gasteiger partial charge in [0.05, 0.1) is 0 Å². The highest BCUT2D eigenvalue weighted by molar-refractivity contribution is 5.76. The Labute approximate surface area is 149 Å². The molecular formula is C20H27N3O2. The van der Waals surface area contributed by atoms with Crippen LogP contribution in [-0.2, 0) is 11.2 Å². The minimum atomic E-state index is 0.197. The van der Waals surface area contributed by atoms with E-state index in [1.165, 1.54) is 5.56 Å². The van der Waals surface area contributed by atoms with Crippen LogP contribution in [-0.4, -0.2) is 34.0 Å². The summed E-state index contributed by atoms with van der Waals surface area (Å²) in [5, 5.41) is 4.13. The second-order valence-electron chi connectivity index (χ2n) is 7.16. The predicted octanol–water partition coefficient (Wildman–Crippen LogP) is 3.92. The van der Waals surface area contributed by atoms with E-state index in [0.29, 0.717) is 18.9 Å². The molecule has 5 nitrogen and oxygen atoms in total. The molecule has 0 bridgehead atoms. The molecule has 1 saturated heterocycles. The predicted molar refractivity (Wildman–Crippen MR) is 96.3 cm³/mol. The van der Waals surface area contributed by atoms with Gasteiger partial charge in [0.1, 0.15) is 0 Å². The maximum atomic E-state index is 12.5. The number of hydrogen-bond acceptors (Lipinski definition) is 4. The lowest BCUT2D eigenvalue weighted by molar-refractivity contribution is -0.132. The van der Waals surface area contributed by atoms with E-state index in [0.717, 1.165) is 38.1 Å². The van der Waals surface area contributed by atoms with Crippen molar-refractivity contribution in [3.05, 3.63) is 47.6 Å². The normalized spacial score (nSPS) is 17.9. The van der Waals surface area contributed by atoms with Crippen LogP contribution in [0.3, 0.4) is 0 Å².